The third-order valence-corrected chi connectivity index (χ3v) is 7.89. The molecule has 0 heterocycles. The second-order valence-electron chi connectivity index (χ2n) is 7.30. The zero-order valence-electron chi connectivity index (χ0n) is 12.4. The Morgan fingerprint density at radius 2 is 1.67 bits per heavy atom. The van der Waals surface area contributed by atoms with Crippen LogP contribution in [0.5, 0.6) is 5.75 Å². The highest BCUT2D eigenvalue weighted by Gasteiger charge is 2.50. The van der Waals surface area contributed by atoms with Gasteiger partial charge >= 0.3 is 0 Å². The monoisotopic (exact) mass is 412 g/mol. The lowest BCUT2D eigenvalue weighted by Crippen LogP contribution is -2.46. The minimum Gasteiger partial charge on any atom is -0.496 e. The van der Waals surface area contributed by atoms with E-state index in [-0.39, 0.29) is 0 Å². The molecule has 4 fully saturated rings. The van der Waals surface area contributed by atoms with Gasteiger partial charge in [0, 0.05) is 4.83 Å². The quantitative estimate of drug-likeness (QED) is 0.555. The number of ether oxygens (including phenoxy) is 1. The van der Waals surface area contributed by atoms with Crippen molar-refractivity contribution in [2.75, 3.05) is 7.11 Å². The Bertz CT molecular complexity index is 514. The van der Waals surface area contributed by atoms with E-state index in [1.54, 1.807) is 7.11 Å². The van der Waals surface area contributed by atoms with Crippen molar-refractivity contribution >= 4 is 31.9 Å². The van der Waals surface area contributed by atoms with Gasteiger partial charge in [-0.05, 0) is 95.3 Å². The minimum absolute atomic E-state index is 0.495. The molecule has 0 aromatic heterocycles. The predicted octanol–water partition coefficient (Wildman–Crippen LogP) is 5.97. The van der Waals surface area contributed by atoms with Gasteiger partial charge in [0.25, 0.3) is 0 Å². The van der Waals surface area contributed by atoms with Crippen LogP contribution < -0.4 is 4.74 Å². The fraction of sp³-hybridized carbons (Fsp3) is 0.667. The number of alkyl halides is 1. The Balaban J connectivity index is 1.60. The number of rotatable bonds is 3. The molecule has 4 saturated carbocycles. The summed E-state index contributed by atoms with van der Waals surface area (Å²) < 4.78 is 6.42. The Hall–Kier alpha value is -0.0200. The van der Waals surface area contributed by atoms with Gasteiger partial charge in [-0.25, -0.2) is 0 Å². The molecule has 0 spiro atoms. The third kappa shape index (κ3) is 2.49. The summed E-state index contributed by atoms with van der Waals surface area (Å²) in [6, 6.07) is 6.56. The summed E-state index contributed by atoms with van der Waals surface area (Å²) in [6.07, 6.45) is 7.46. The Kier molecular flexibility index (Phi) is 3.86. The van der Waals surface area contributed by atoms with E-state index in [4.69, 9.17) is 4.74 Å². The molecule has 1 nitrogen and oxygen atoms in total. The molecule has 0 N–H and O–H groups in total. The topological polar surface area (TPSA) is 9.23 Å². The highest BCUT2D eigenvalue weighted by Crippen LogP contribution is 2.61. The summed E-state index contributed by atoms with van der Waals surface area (Å²) in [6.45, 7) is 0. The molecule has 4 aliphatic carbocycles. The highest BCUT2D eigenvalue weighted by atomic mass is 79.9. The van der Waals surface area contributed by atoms with E-state index >= 15 is 0 Å². The molecule has 0 amide bonds. The van der Waals surface area contributed by atoms with E-state index in [1.165, 1.54) is 37.7 Å². The van der Waals surface area contributed by atoms with Gasteiger partial charge in [-0.2, -0.15) is 0 Å². The molecule has 1 aromatic rings. The number of hydrogen-bond acceptors (Lipinski definition) is 1. The summed E-state index contributed by atoms with van der Waals surface area (Å²) in [5, 5.41) is 0. The first-order valence-corrected chi connectivity index (χ1v) is 9.84. The maximum atomic E-state index is 5.36. The molecular formula is C18H22Br2O. The molecule has 5 rings (SSSR count). The molecule has 3 heteroatoms. The van der Waals surface area contributed by atoms with Crippen molar-refractivity contribution in [3.05, 3.63) is 28.2 Å². The van der Waals surface area contributed by atoms with Crippen molar-refractivity contribution in [3.63, 3.8) is 0 Å². The standard InChI is InChI=1S/C18H22Br2O/c1-21-16-3-2-12(9-15(16)19)18(20)17-13-5-10-4-11(7-13)8-14(17)6-10/h2-3,9-11,13-14,17-18H,4-8H2,1H3. The van der Waals surface area contributed by atoms with Gasteiger partial charge < -0.3 is 4.74 Å². The van der Waals surface area contributed by atoms with Crippen LogP contribution in [0.4, 0.5) is 0 Å². The van der Waals surface area contributed by atoms with Gasteiger partial charge in [-0.3, -0.25) is 0 Å². The van der Waals surface area contributed by atoms with Crippen molar-refractivity contribution in [2.24, 2.45) is 29.6 Å². The van der Waals surface area contributed by atoms with Crippen LogP contribution in [-0.2, 0) is 0 Å². The van der Waals surface area contributed by atoms with Crippen molar-refractivity contribution < 1.29 is 4.74 Å². The van der Waals surface area contributed by atoms with E-state index < -0.39 is 0 Å². The second-order valence-corrected chi connectivity index (χ2v) is 9.14. The van der Waals surface area contributed by atoms with Crippen LogP contribution in [0.2, 0.25) is 0 Å². The van der Waals surface area contributed by atoms with Gasteiger partial charge in [-0.15, -0.1) is 0 Å². The summed E-state index contributed by atoms with van der Waals surface area (Å²) >= 11 is 7.69. The lowest BCUT2D eigenvalue weighted by atomic mass is 9.51. The zero-order valence-corrected chi connectivity index (χ0v) is 15.6. The average molecular weight is 414 g/mol. The molecule has 0 aliphatic heterocycles. The maximum absolute atomic E-state index is 5.36. The fourth-order valence-electron chi connectivity index (χ4n) is 5.52. The number of benzene rings is 1. The maximum Gasteiger partial charge on any atom is 0.133 e. The van der Waals surface area contributed by atoms with E-state index in [0.717, 1.165) is 39.8 Å². The van der Waals surface area contributed by atoms with Crippen LogP contribution in [0.1, 0.15) is 42.5 Å². The van der Waals surface area contributed by atoms with Gasteiger partial charge in [-0.1, -0.05) is 22.0 Å². The predicted molar refractivity (Wildman–Crippen MR) is 92.9 cm³/mol. The van der Waals surface area contributed by atoms with E-state index in [2.05, 4.69) is 50.1 Å². The molecule has 1 atom stereocenters. The molecule has 4 aliphatic rings. The van der Waals surface area contributed by atoms with Crippen LogP contribution in [0.3, 0.4) is 0 Å². The lowest BCUT2D eigenvalue weighted by Gasteiger charge is -2.55. The van der Waals surface area contributed by atoms with Crippen LogP contribution in [-0.4, -0.2) is 7.11 Å². The molecule has 1 unspecified atom stereocenters. The second kappa shape index (κ2) is 5.56. The van der Waals surface area contributed by atoms with Crippen LogP contribution in [0, 0.1) is 29.6 Å². The molecular weight excluding hydrogens is 392 g/mol. The normalized spacial score (nSPS) is 38.5. The lowest BCUT2D eigenvalue weighted by molar-refractivity contribution is -0.0364. The SMILES string of the molecule is COc1ccc(C(Br)C2C3CC4CC(C3)CC2C4)cc1Br. The highest BCUT2D eigenvalue weighted by molar-refractivity contribution is 9.10. The van der Waals surface area contributed by atoms with E-state index in [1.807, 2.05) is 0 Å². The number of methoxy groups -OCH3 is 1. The fourth-order valence-corrected chi connectivity index (χ4v) is 7.23. The largest absolute Gasteiger partial charge is 0.496 e. The first kappa shape index (κ1) is 14.6. The van der Waals surface area contributed by atoms with Crippen LogP contribution >= 0.6 is 31.9 Å². The van der Waals surface area contributed by atoms with Gasteiger partial charge in [0.2, 0.25) is 0 Å². The Labute approximate surface area is 144 Å². The summed E-state index contributed by atoms with van der Waals surface area (Å²) in [5.41, 5.74) is 1.40. The number of halogens is 2. The molecule has 1 aromatic carbocycles. The Morgan fingerprint density at radius 3 is 2.19 bits per heavy atom. The molecule has 21 heavy (non-hydrogen) atoms. The molecule has 4 bridgehead atoms. The van der Waals surface area contributed by atoms with Gasteiger partial charge in [0.1, 0.15) is 5.75 Å². The van der Waals surface area contributed by atoms with Crippen LogP contribution in [0.15, 0.2) is 22.7 Å². The molecule has 114 valence electrons. The zero-order chi connectivity index (χ0) is 14.6. The van der Waals surface area contributed by atoms with Crippen molar-refractivity contribution in [1.82, 2.24) is 0 Å². The molecule has 0 radical (unpaired) electrons. The smallest absolute Gasteiger partial charge is 0.133 e. The van der Waals surface area contributed by atoms with Crippen molar-refractivity contribution in [2.45, 2.75) is 36.9 Å². The third-order valence-electron chi connectivity index (χ3n) is 6.13. The number of hydrogen-bond donors (Lipinski definition) is 0. The van der Waals surface area contributed by atoms with Crippen molar-refractivity contribution in [3.8, 4) is 5.75 Å². The van der Waals surface area contributed by atoms with Gasteiger partial charge in [0.05, 0.1) is 11.6 Å². The first-order chi connectivity index (χ1) is 10.2. The Morgan fingerprint density at radius 1 is 1.05 bits per heavy atom. The molecule has 0 saturated heterocycles. The van der Waals surface area contributed by atoms with Crippen LogP contribution in [0.25, 0.3) is 0 Å². The average Bonchev–Trinajstić information content (AvgIpc) is 2.45. The van der Waals surface area contributed by atoms with Crippen molar-refractivity contribution in [1.29, 1.82) is 0 Å². The van der Waals surface area contributed by atoms with E-state index in [9.17, 15) is 0 Å². The summed E-state index contributed by atoms with van der Waals surface area (Å²) in [4.78, 5) is 0.495. The van der Waals surface area contributed by atoms with Gasteiger partial charge in [0.15, 0.2) is 0 Å². The minimum atomic E-state index is 0.495. The first-order valence-electron chi connectivity index (χ1n) is 8.13. The summed E-state index contributed by atoms with van der Waals surface area (Å²) in [7, 11) is 1.73. The summed E-state index contributed by atoms with van der Waals surface area (Å²) in [5.74, 6) is 5.75. The van der Waals surface area contributed by atoms with E-state index in [0.29, 0.717) is 4.83 Å².